The van der Waals surface area contributed by atoms with Crippen LogP contribution in [0.1, 0.15) is 30.1 Å². The fourth-order valence-corrected chi connectivity index (χ4v) is 2.08. The molecule has 1 aromatic heterocycles. The minimum absolute atomic E-state index is 0.428. The summed E-state index contributed by atoms with van der Waals surface area (Å²) in [5.41, 5.74) is 2.04. The number of halogens is 1. The summed E-state index contributed by atoms with van der Waals surface area (Å²) in [6.45, 7) is 2.85. The molecule has 2 aromatic rings. The Hall–Kier alpha value is -1.61. The number of benzene rings is 1. The van der Waals surface area contributed by atoms with Crippen molar-refractivity contribution in [2.24, 2.45) is 0 Å². The number of carbonyl (C=O) groups excluding carboxylic acids is 1. The number of hydrogen-bond acceptors (Lipinski definition) is 2. The summed E-state index contributed by atoms with van der Waals surface area (Å²) in [6, 6.07) is 9.62. The highest BCUT2D eigenvalue weighted by atomic mass is 35.5. The second-order valence-electron chi connectivity index (χ2n) is 4.11. The van der Waals surface area contributed by atoms with Crippen LogP contribution in [-0.4, -0.2) is 16.1 Å². The normalized spacial score (nSPS) is 10.6. The van der Waals surface area contributed by atoms with Gasteiger partial charge in [0, 0.05) is 12.1 Å². The predicted molar refractivity (Wildman–Crippen MR) is 73.0 cm³/mol. The Morgan fingerprint density at radius 2 is 2.06 bits per heavy atom. The van der Waals surface area contributed by atoms with Crippen molar-refractivity contribution in [3.05, 3.63) is 41.0 Å². The van der Waals surface area contributed by atoms with Crippen molar-refractivity contribution < 1.29 is 4.79 Å². The standard InChI is InChI=1S/C14H15ClN2O/c1-2-3-9-17-14(15)12(10-18)13(16-17)11-7-5-4-6-8-11/h4-8,10H,2-3,9H2,1H3. The first-order chi connectivity index (χ1) is 8.77. The van der Waals surface area contributed by atoms with Gasteiger partial charge in [0.1, 0.15) is 10.8 Å². The molecule has 0 saturated carbocycles. The summed E-state index contributed by atoms with van der Waals surface area (Å²) in [7, 11) is 0. The zero-order valence-electron chi connectivity index (χ0n) is 10.3. The first-order valence-corrected chi connectivity index (χ1v) is 6.42. The molecule has 0 radical (unpaired) electrons. The van der Waals surface area contributed by atoms with Crippen molar-refractivity contribution >= 4 is 17.9 Å². The molecule has 0 N–H and O–H groups in total. The Bertz CT molecular complexity index is 534. The maximum Gasteiger partial charge on any atom is 0.155 e. The van der Waals surface area contributed by atoms with Crippen LogP contribution in [0, 0.1) is 0 Å². The van der Waals surface area contributed by atoms with E-state index in [1.54, 1.807) is 4.68 Å². The van der Waals surface area contributed by atoms with Crippen molar-refractivity contribution in [3.8, 4) is 11.3 Å². The van der Waals surface area contributed by atoms with Crippen LogP contribution in [0.3, 0.4) is 0 Å². The molecule has 94 valence electrons. The van der Waals surface area contributed by atoms with Crippen LogP contribution in [0.25, 0.3) is 11.3 Å². The summed E-state index contributed by atoms with van der Waals surface area (Å²) in [6.07, 6.45) is 2.83. The van der Waals surface area contributed by atoms with Crippen LogP contribution in [0.15, 0.2) is 30.3 Å². The molecule has 0 amide bonds. The number of rotatable bonds is 5. The quantitative estimate of drug-likeness (QED) is 0.768. The van der Waals surface area contributed by atoms with Crippen molar-refractivity contribution in [3.63, 3.8) is 0 Å². The first kappa shape index (κ1) is 12.8. The molecule has 0 unspecified atom stereocenters. The van der Waals surface area contributed by atoms with E-state index >= 15 is 0 Å². The molecule has 18 heavy (non-hydrogen) atoms. The van der Waals surface area contributed by atoms with Crippen LogP contribution in [0.4, 0.5) is 0 Å². The molecule has 1 heterocycles. The molecule has 0 fully saturated rings. The molecule has 2 rings (SSSR count). The van der Waals surface area contributed by atoms with E-state index in [0.29, 0.717) is 16.4 Å². The summed E-state index contributed by atoms with van der Waals surface area (Å²) in [4.78, 5) is 11.2. The third kappa shape index (κ3) is 2.46. The topological polar surface area (TPSA) is 34.9 Å². The molecule has 0 atom stereocenters. The van der Waals surface area contributed by atoms with Gasteiger partial charge in [-0.2, -0.15) is 5.10 Å². The summed E-state index contributed by atoms with van der Waals surface area (Å²) in [5.74, 6) is 0. The lowest BCUT2D eigenvalue weighted by atomic mass is 10.1. The third-order valence-electron chi connectivity index (χ3n) is 2.81. The average molecular weight is 263 g/mol. The fourth-order valence-electron chi connectivity index (χ4n) is 1.82. The molecule has 0 aliphatic carbocycles. The van der Waals surface area contributed by atoms with Gasteiger partial charge in [-0.05, 0) is 6.42 Å². The minimum atomic E-state index is 0.428. The molecular formula is C14H15ClN2O. The predicted octanol–water partition coefficient (Wildman–Crippen LogP) is 3.82. The van der Waals surface area contributed by atoms with E-state index in [9.17, 15) is 4.79 Å². The Labute approximate surface area is 111 Å². The number of aromatic nitrogens is 2. The van der Waals surface area contributed by atoms with Gasteiger partial charge in [-0.1, -0.05) is 55.3 Å². The molecule has 3 nitrogen and oxygen atoms in total. The van der Waals surface area contributed by atoms with Gasteiger partial charge in [0.2, 0.25) is 0 Å². The highest BCUT2D eigenvalue weighted by Gasteiger charge is 2.16. The molecule has 0 aliphatic rings. The van der Waals surface area contributed by atoms with Gasteiger partial charge in [0.05, 0.1) is 5.56 Å². The lowest BCUT2D eigenvalue weighted by molar-refractivity contribution is 0.112. The van der Waals surface area contributed by atoms with E-state index < -0.39 is 0 Å². The molecule has 4 heteroatoms. The highest BCUT2D eigenvalue weighted by molar-refractivity contribution is 6.32. The molecule has 0 spiro atoms. The number of nitrogens with zero attached hydrogens (tertiary/aromatic N) is 2. The maximum atomic E-state index is 11.2. The Morgan fingerprint density at radius 3 is 2.67 bits per heavy atom. The van der Waals surface area contributed by atoms with E-state index in [0.717, 1.165) is 31.2 Å². The largest absolute Gasteiger partial charge is 0.298 e. The van der Waals surface area contributed by atoms with Crippen molar-refractivity contribution in [2.45, 2.75) is 26.3 Å². The third-order valence-corrected chi connectivity index (χ3v) is 3.21. The highest BCUT2D eigenvalue weighted by Crippen LogP contribution is 2.27. The lowest BCUT2D eigenvalue weighted by Crippen LogP contribution is -2.00. The summed E-state index contributed by atoms with van der Waals surface area (Å²) >= 11 is 6.18. The van der Waals surface area contributed by atoms with Gasteiger partial charge in [0.25, 0.3) is 0 Å². The zero-order valence-corrected chi connectivity index (χ0v) is 11.0. The summed E-state index contributed by atoms with van der Waals surface area (Å²) < 4.78 is 1.71. The Kier molecular flexibility index (Phi) is 4.15. The number of carbonyl (C=O) groups is 1. The SMILES string of the molecule is CCCCn1nc(-c2ccccc2)c(C=O)c1Cl. The fraction of sp³-hybridized carbons (Fsp3) is 0.286. The van der Waals surface area contributed by atoms with Crippen molar-refractivity contribution in [1.82, 2.24) is 9.78 Å². The van der Waals surface area contributed by atoms with Gasteiger partial charge >= 0.3 is 0 Å². The van der Waals surface area contributed by atoms with Gasteiger partial charge in [0.15, 0.2) is 6.29 Å². The van der Waals surface area contributed by atoms with Crippen molar-refractivity contribution in [2.75, 3.05) is 0 Å². The van der Waals surface area contributed by atoms with Crippen LogP contribution in [0.2, 0.25) is 5.15 Å². The minimum Gasteiger partial charge on any atom is -0.298 e. The Morgan fingerprint density at radius 1 is 1.33 bits per heavy atom. The smallest absolute Gasteiger partial charge is 0.155 e. The number of hydrogen-bond donors (Lipinski definition) is 0. The number of aldehydes is 1. The van der Waals surface area contributed by atoms with Crippen LogP contribution in [0.5, 0.6) is 0 Å². The van der Waals surface area contributed by atoms with E-state index in [-0.39, 0.29) is 0 Å². The first-order valence-electron chi connectivity index (χ1n) is 6.04. The second kappa shape index (κ2) is 5.83. The van der Waals surface area contributed by atoms with Crippen LogP contribution < -0.4 is 0 Å². The number of aryl methyl sites for hydroxylation is 1. The molecular weight excluding hydrogens is 248 g/mol. The van der Waals surface area contributed by atoms with Gasteiger partial charge in [-0.3, -0.25) is 9.48 Å². The van der Waals surface area contributed by atoms with E-state index in [4.69, 9.17) is 11.6 Å². The van der Waals surface area contributed by atoms with Crippen molar-refractivity contribution in [1.29, 1.82) is 0 Å². The molecule has 0 bridgehead atoms. The van der Waals surface area contributed by atoms with Crippen LogP contribution >= 0.6 is 11.6 Å². The molecule has 1 aromatic carbocycles. The molecule has 0 saturated heterocycles. The summed E-state index contributed by atoms with van der Waals surface area (Å²) in [5, 5.41) is 4.87. The maximum absolute atomic E-state index is 11.2. The van der Waals surface area contributed by atoms with E-state index in [1.165, 1.54) is 0 Å². The second-order valence-corrected chi connectivity index (χ2v) is 4.47. The molecule has 0 aliphatic heterocycles. The monoisotopic (exact) mass is 262 g/mol. The number of unbranched alkanes of at least 4 members (excludes halogenated alkanes) is 1. The van der Waals surface area contributed by atoms with E-state index in [1.807, 2.05) is 30.3 Å². The van der Waals surface area contributed by atoms with Gasteiger partial charge in [-0.15, -0.1) is 0 Å². The van der Waals surface area contributed by atoms with Gasteiger partial charge in [-0.25, -0.2) is 0 Å². The van der Waals surface area contributed by atoms with Gasteiger partial charge < -0.3 is 0 Å². The Balaban J connectivity index is 2.44. The van der Waals surface area contributed by atoms with Crippen LogP contribution in [-0.2, 0) is 6.54 Å². The van der Waals surface area contributed by atoms with E-state index in [2.05, 4.69) is 12.0 Å². The average Bonchev–Trinajstić information content (AvgIpc) is 2.74. The lowest BCUT2D eigenvalue weighted by Gasteiger charge is -2.00. The zero-order chi connectivity index (χ0) is 13.0.